The van der Waals surface area contributed by atoms with Gasteiger partial charge in [0.05, 0.1) is 13.2 Å². The molecule has 178 valence electrons. The predicted molar refractivity (Wildman–Crippen MR) is 123 cm³/mol. The average Bonchev–Trinajstić information content (AvgIpc) is 2.75. The highest BCUT2D eigenvalue weighted by atomic mass is 16.6. The van der Waals surface area contributed by atoms with Gasteiger partial charge in [-0.3, -0.25) is 0 Å². The number of aliphatic hydroxyl groups is 3. The zero-order valence-corrected chi connectivity index (χ0v) is 19.4. The van der Waals surface area contributed by atoms with Gasteiger partial charge in [-0.25, -0.2) is 0 Å². The van der Waals surface area contributed by atoms with Crippen molar-refractivity contribution in [1.29, 1.82) is 0 Å². The van der Waals surface area contributed by atoms with E-state index in [-0.39, 0.29) is 13.2 Å². The average molecular weight is 429 g/mol. The van der Waals surface area contributed by atoms with Crippen molar-refractivity contribution in [3.63, 3.8) is 0 Å². The second kappa shape index (κ2) is 19.2. The second-order valence-electron chi connectivity index (χ2n) is 8.74. The molecule has 0 aliphatic carbocycles. The van der Waals surface area contributed by atoms with Crippen LogP contribution in [-0.2, 0) is 9.47 Å². The van der Waals surface area contributed by atoms with Gasteiger partial charge in [-0.05, 0) is 32.1 Å². The zero-order chi connectivity index (χ0) is 21.9. The van der Waals surface area contributed by atoms with Crippen LogP contribution in [0.2, 0.25) is 0 Å². The maximum Gasteiger partial charge on any atom is 0.114 e. The predicted octanol–water partition coefficient (Wildman–Crippen LogP) is 4.91. The van der Waals surface area contributed by atoms with Crippen molar-refractivity contribution < 1.29 is 24.8 Å². The first-order valence-corrected chi connectivity index (χ1v) is 12.6. The van der Waals surface area contributed by atoms with Crippen molar-refractivity contribution >= 4 is 0 Å². The normalized spacial score (nSPS) is 24.7. The molecule has 1 saturated heterocycles. The lowest BCUT2D eigenvalue weighted by Gasteiger charge is -2.37. The minimum atomic E-state index is -0.990. The molecular weight excluding hydrogens is 380 g/mol. The number of hydrogen-bond donors (Lipinski definition) is 3. The summed E-state index contributed by atoms with van der Waals surface area (Å²) in [6.45, 7) is 2.63. The summed E-state index contributed by atoms with van der Waals surface area (Å²) < 4.78 is 11.0. The summed E-state index contributed by atoms with van der Waals surface area (Å²) in [7, 11) is 0. The highest BCUT2D eigenvalue weighted by Crippen LogP contribution is 2.19. The Kier molecular flexibility index (Phi) is 17.7. The largest absolute Gasteiger partial charge is 0.394 e. The van der Waals surface area contributed by atoms with Crippen molar-refractivity contribution in [2.45, 2.75) is 128 Å². The molecule has 0 aromatic carbocycles. The van der Waals surface area contributed by atoms with Gasteiger partial charge in [0.25, 0.3) is 0 Å². The van der Waals surface area contributed by atoms with Crippen LogP contribution in [0.5, 0.6) is 0 Å². The molecule has 0 aromatic heterocycles. The minimum absolute atomic E-state index is 0.0428. The third-order valence-corrected chi connectivity index (χ3v) is 5.97. The fourth-order valence-electron chi connectivity index (χ4n) is 3.96. The lowest BCUT2D eigenvalue weighted by atomic mass is 10.0. The van der Waals surface area contributed by atoms with Gasteiger partial charge in [0.1, 0.15) is 24.4 Å². The molecule has 0 spiro atoms. The van der Waals surface area contributed by atoms with Crippen molar-refractivity contribution in [1.82, 2.24) is 0 Å². The van der Waals surface area contributed by atoms with Gasteiger partial charge < -0.3 is 24.8 Å². The van der Waals surface area contributed by atoms with E-state index in [1.165, 1.54) is 83.5 Å². The monoisotopic (exact) mass is 428 g/mol. The molecule has 1 aliphatic rings. The van der Waals surface area contributed by atoms with Gasteiger partial charge in [0.2, 0.25) is 0 Å². The highest BCUT2D eigenvalue weighted by molar-refractivity contribution is 4.87. The molecule has 0 bridgehead atoms. The molecule has 0 radical (unpaired) electrons. The number of aliphatic hydroxyl groups excluding tert-OH is 3. The summed E-state index contributed by atoms with van der Waals surface area (Å²) in [6.07, 6.45) is 20.7. The van der Waals surface area contributed by atoms with Gasteiger partial charge in [0, 0.05) is 6.61 Å². The Hall–Kier alpha value is -0.460. The van der Waals surface area contributed by atoms with E-state index in [1.54, 1.807) is 0 Å². The topological polar surface area (TPSA) is 79.2 Å². The number of unbranched alkanes of at least 4 members (excludes halogenated alkanes) is 13. The SMILES string of the molecule is CCCCCCCC/C=C/CCCCCCCCCO[C@@H]1[C@@H](O)[C@H](O)CO[C@H]1CO. The summed E-state index contributed by atoms with van der Waals surface area (Å²) in [5.41, 5.74) is 0. The summed E-state index contributed by atoms with van der Waals surface area (Å²) in [4.78, 5) is 0. The van der Waals surface area contributed by atoms with E-state index in [2.05, 4.69) is 19.1 Å². The van der Waals surface area contributed by atoms with Crippen LogP contribution >= 0.6 is 0 Å². The third-order valence-electron chi connectivity index (χ3n) is 5.97. The molecule has 0 aromatic rings. The fraction of sp³-hybridized carbons (Fsp3) is 0.920. The molecule has 4 atom stereocenters. The Morgan fingerprint density at radius 3 is 1.90 bits per heavy atom. The first kappa shape index (κ1) is 27.6. The van der Waals surface area contributed by atoms with Crippen LogP contribution in [0.3, 0.4) is 0 Å². The highest BCUT2D eigenvalue weighted by Gasteiger charge is 2.39. The Morgan fingerprint density at radius 1 is 0.800 bits per heavy atom. The van der Waals surface area contributed by atoms with E-state index in [1.807, 2.05) is 0 Å². The Balaban J connectivity index is 1.86. The van der Waals surface area contributed by atoms with Gasteiger partial charge in [0.15, 0.2) is 0 Å². The Morgan fingerprint density at radius 2 is 1.33 bits per heavy atom. The van der Waals surface area contributed by atoms with E-state index in [0.717, 1.165) is 12.8 Å². The third kappa shape index (κ3) is 13.1. The van der Waals surface area contributed by atoms with Crippen LogP contribution in [0.1, 0.15) is 103 Å². The van der Waals surface area contributed by atoms with Crippen LogP contribution < -0.4 is 0 Å². The molecule has 0 amide bonds. The number of ether oxygens (including phenoxy) is 2. The van der Waals surface area contributed by atoms with Gasteiger partial charge in [-0.1, -0.05) is 83.3 Å². The number of allylic oxidation sites excluding steroid dienone is 2. The first-order valence-electron chi connectivity index (χ1n) is 12.6. The van der Waals surface area contributed by atoms with Gasteiger partial charge >= 0.3 is 0 Å². The van der Waals surface area contributed by atoms with Crippen molar-refractivity contribution in [2.75, 3.05) is 19.8 Å². The van der Waals surface area contributed by atoms with E-state index in [4.69, 9.17) is 9.47 Å². The molecule has 30 heavy (non-hydrogen) atoms. The summed E-state index contributed by atoms with van der Waals surface area (Å²) in [6, 6.07) is 0. The van der Waals surface area contributed by atoms with Crippen LogP contribution in [0.4, 0.5) is 0 Å². The second-order valence-corrected chi connectivity index (χ2v) is 8.74. The van der Waals surface area contributed by atoms with Crippen LogP contribution in [0.15, 0.2) is 12.2 Å². The smallest absolute Gasteiger partial charge is 0.114 e. The summed E-state index contributed by atoms with van der Waals surface area (Å²) >= 11 is 0. The maximum atomic E-state index is 10.0. The molecule has 1 heterocycles. The molecule has 5 heteroatoms. The molecule has 5 nitrogen and oxygen atoms in total. The number of rotatable bonds is 19. The van der Waals surface area contributed by atoms with Crippen LogP contribution in [0.25, 0.3) is 0 Å². The number of hydrogen-bond acceptors (Lipinski definition) is 5. The van der Waals surface area contributed by atoms with Crippen LogP contribution in [0, 0.1) is 0 Å². The molecular formula is C25H48O5. The quantitative estimate of drug-likeness (QED) is 0.201. The van der Waals surface area contributed by atoms with Crippen molar-refractivity contribution in [3.05, 3.63) is 12.2 Å². The molecule has 1 aliphatic heterocycles. The van der Waals surface area contributed by atoms with Crippen molar-refractivity contribution in [2.24, 2.45) is 0 Å². The maximum absolute atomic E-state index is 10.0. The molecule has 3 N–H and O–H groups in total. The standard InChI is InChI=1S/C25H48O5/c1-2-3-4-5-6-7-8-9-10-11-12-13-14-15-16-17-18-19-29-25-23(20-26)30-21-22(27)24(25)28/h9-10,22-28H,2-8,11-21H2,1H3/b10-9+/t22-,23+,24+,25+/m1/s1. The van der Waals surface area contributed by atoms with Gasteiger partial charge in [-0.15, -0.1) is 0 Å². The minimum Gasteiger partial charge on any atom is -0.394 e. The Labute approximate surface area is 184 Å². The van der Waals surface area contributed by atoms with E-state index >= 15 is 0 Å². The molecule has 0 saturated carbocycles. The Bertz CT molecular complexity index is 399. The van der Waals surface area contributed by atoms with Gasteiger partial charge in [-0.2, -0.15) is 0 Å². The lowest BCUT2D eigenvalue weighted by molar-refractivity contribution is -0.211. The summed E-state index contributed by atoms with van der Waals surface area (Å²) in [5, 5.41) is 29.0. The van der Waals surface area contributed by atoms with E-state index < -0.39 is 24.4 Å². The van der Waals surface area contributed by atoms with Crippen molar-refractivity contribution in [3.8, 4) is 0 Å². The fourth-order valence-corrected chi connectivity index (χ4v) is 3.96. The molecule has 0 unspecified atom stereocenters. The molecule has 1 rings (SSSR count). The van der Waals surface area contributed by atoms with Crippen LogP contribution in [-0.4, -0.2) is 59.6 Å². The first-order chi connectivity index (χ1) is 14.7. The zero-order valence-electron chi connectivity index (χ0n) is 19.4. The van der Waals surface area contributed by atoms with E-state index in [0.29, 0.717) is 6.61 Å². The summed E-state index contributed by atoms with van der Waals surface area (Å²) in [5.74, 6) is 0. The van der Waals surface area contributed by atoms with E-state index in [9.17, 15) is 15.3 Å². The lowest BCUT2D eigenvalue weighted by Crippen LogP contribution is -2.55. The molecule has 1 fully saturated rings.